The number of carbonyl (C=O) groups excluding carboxylic acids is 2. The third-order valence-electron chi connectivity index (χ3n) is 3.42. The topological polar surface area (TPSA) is 61.8 Å². The summed E-state index contributed by atoms with van der Waals surface area (Å²) in [7, 11) is 0. The molecule has 0 aromatic heterocycles. The van der Waals surface area contributed by atoms with Crippen molar-refractivity contribution in [1.82, 2.24) is 4.90 Å². The molecule has 1 heterocycles. The lowest BCUT2D eigenvalue weighted by Crippen LogP contribution is -2.33. The Labute approximate surface area is 135 Å². The fraction of sp³-hybridized carbons (Fsp3) is 0.438. The van der Waals surface area contributed by atoms with Crippen LogP contribution >= 0.6 is 11.8 Å². The summed E-state index contributed by atoms with van der Waals surface area (Å²) in [6.07, 6.45) is 0.164. The lowest BCUT2D eigenvalue weighted by Gasteiger charge is -2.13. The Morgan fingerprint density at radius 3 is 2.73 bits per heavy atom. The minimum absolute atomic E-state index is 0.0281. The highest BCUT2D eigenvalue weighted by atomic mass is 32.2. The number of amides is 2. The maximum Gasteiger partial charge on any atom is 0.242 e. The van der Waals surface area contributed by atoms with E-state index >= 15 is 0 Å². The SMILES string of the molecule is CCN=C1S[C@@H](CC(=O)Nc2ccccc2C)C(=O)N1CC. The van der Waals surface area contributed by atoms with E-state index in [2.05, 4.69) is 10.3 Å². The average molecular weight is 319 g/mol. The molecule has 1 aromatic carbocycles. The number of thioether (sulfide) groups is 1. The van der Waals surface area contributed by atoms with Gasteiger partial charge in [0.15, 0.2) is 5.17 Å². The Kier molecular flexibility index (Phi) is 5.60. The van der Waals surface area contributed by atoms with E-state index in [1.54, 1.807) is 4.90 Å². The monoisotopic (exact) mass is 319 g/mol. The fourth-order valence-corrected chi connectivity index (χ4v) is 3.54. The average Bonchev–Trinajstić information content (AvgIpc) is 2.77. The molecule has 1 fully saturated rings. The summed E-state index contributed by atoms with van der Waals surface area (Å²) in [6.45, 7) is 7.01. The molecule has 1 aliphatic heterocycles. The molecule has 0 saturated carbocycles. The molecule has 1 saturated heterocycles. The third-order valence-corrected chi connectivity index (χ3v) is 4.63. The Bertz CT molecular complexity index is 601. The number of nitrogens with one attached hydrogen (secondary N) is 1. The van der Waals surface area contributed by atoms with Gasteiger partial charge in [0.2, 0.25) is 11.8 Å². The van der Waals surface area contributed by atoms with Gasteiger partial charge in [-0.2, -0.15) is 0 Å². The van der Waals surface area contributed by atoms with Gasteiger partial charge < -0.3 is 5.32 Å². The van der Waals surface area contributed by atoms with E-state index in [-0.39, 0.29) is 23.5 Å². The predicted molar refractivity (Wildman–Crippen MR) is 91.2 cm³/mol. The molecule has 2 rings (SSSR count). The van der Waals surface area contributed by atoms with Gasteiger partial charge in [0.05, 0.1) is 0 Å². The molecule has 22 heavy (non-hydrogen) atoms. The number of carbonyl (C=O) groups is 2. The van der Waals surface area contributed by atoms with Crippen molar-refractivity contribution < 1.29 is 9.59 Å². The molecule has 2 amide bonds. The number of amidine groups is 1. The van der Waals surface area contributed by atoms with Crippen LogP contribution in [0.2, 0.25) is 0 Å². The van der Waals surface area contributed by atoms with Gasteiger partial charge >= 0.3 is 0 Å². The first-order chi connectivity index (χ1) is 10.6. The van der Waals surface area contributed by atoms with Gasteiger partial charge in [0, 0.05) is 25.2 Å². The first-order valence-corrected chi connectivity index (χ1v) is 8.32. The Morgan fingerprint density at radius 1 is 1.36 bits per heavy atom. The Hall–Kier alpha value is -1.82. The minimum Gasteiger partial charge on any atom is -0.326 e. The van der Waals surface area contributed by atoms with Gasteiger partial charge in [-0.3, -0.25) is 19.5 Å². The smallest absolute Gasteiger partial charge is 0.242 e. The molecule has 0 radical (unpaired) electrons. The van der Waals surface area contributed by atoms with Crippen LogP contribution in [0.3, 0.4) is 0 Å². The lowest BCUT2D eigenvalue weighted by molar-refractivity contribution is -0.128. The van der Waals surface area contributed by atoms with Crippen LogP contribution in [0.5, 0.6) is 0 Å². The summed E-state index contributed by atoms with van der Waals surface area (Å²) in [6, 6.07) is 7.60. The zero-order chi connectivity index (χ0) is 16.1. The molecule has 1 N–H and O–H groups in total. The van der Waals surface area contributed by atoms with Crippen molar-refractivity contribution in [2.75, 3.05) is 18.4 Å². The van der Waals surface area contributed by atoms with Crippen LogP contribution in [-0.4, -0.2) is 40.2 Å². The van der Waals surface area contributed by atoms with Crippen molar-refractivity contribution in [3.8, 4) is 0 Å². The normalized spacial score (nSPS) is 19.8. The van der Waals surface area contributed by atoms with Crippen LogP contribution < -0.4 is 5.32 Å². The fourth-order valence-electron chi connectivity index (χ4n) is 2.27. The summed E-state index contributed by atoms with van der Waals surface area (Å²) >= 11 is 1.38. The quantitative estimate of drug-likeness (QED) is 0.907. The first kappa shape index (κ1) is 16.5. The highest BCUT2D eigenvalue weighted by Crippen LogP contribution is 2.29. The first-order valence-electron chi connectivity index (χ1n) is 7.44. The summed E-state index contributed by atoms with van der Waals surface area (Å²) in [5, 5.41) is 3.22. The molecule has 1 atom stereocenters. The minimum atomic E-state index is -0.380. The van der Waals surface area contributed by atoms with Crippen LogP contribution in [0.4, 0.5) is 5.69 Å². The van der Waals surface area contributed by atoms with Gasteiger partial charge in [0.1, 0.15) is 5.25 Å². The highest BCUT2D eigenvalue weighted by Gasteiger charge is 2.38. The number of aliphatic imine (C=N–C) groups is 1. The van der Waals surface area contributed by atoms with Crippen LogP contribution in [0.1, 0.15) is 25.8 Å². The van der Waals surface area contributed by atoms with E-state index in [1.807, 2.05) is 45.0 Å². The van der Waals surface area contributed by atoms with Gasteiger partial charge in [-0.05, 0) is 32.4 Å². The number of para-hydroxylation sites is 1. The summed E-state index contributed by atoms with van der Waals surface area (Å²) in [4.78, 5) is 30.5. The number of hydrogen-bond acceptors (Lipinski definition) is 4. The molecule has 118 valence electrons. The van der Waals surface area contributed by atoms with E-state index in [0.29, 0.717) is 13.1 Å². The van der Waals surface area contributed by atoms with Gasteiger partial charge in [-0.25, -0.2) is 0 Å². The largest absolute Gasteiger partial charge is 0.326 e. The zero-order valence-corrected chi connectivity index (χ0v) is 13.9. The molecule has 1 aliphatic rings. The second kappa shape index (κ2) is 7.45. The molecule has 0 aliphatic carbocycles. The van der Waals surface area contributed by atoms with E-state index < -0.39 is 0 Å². The van der Waals surface area contributed by atoms with E-state index in [0.717, 1.165) is 16.4 Å². The molecule has 0 spiro atoms. The van der Waals surface area contributed by atoms with E-state index in [4.69, 9.17) is 0 Å². The zero-order valence-electron chi connectivity index (χ0n) is 13.1. The van der Waals surface area contributed by atoms with Crippen molar-refractivity contribution in [1.29, 1.82) is 0 Å². The van der Waals surface area contributed by atoms with Crippen molar-refractivity contribution in [3.05, 3.63) is 29.8 Å². The number of nitrogens with zero attached hydrogens (tertiary/aromatic N) is 2. The number of benzene rings is 1. The van der Waals surface area contributed by atoms with Crippen molar-refractivity contribution in [2.24, 2.45) is 4.99 Å². The predicted octanol–water partition coefficient (Wildman–Crippen LogP) is 2.66. The number of rotatable bonds is 5. The number of anilines is 1. The maximum atomic E-state index is 12.3. The number of aryl methyl sites for hydroxylation is 1. The second-order valence-electron chi connectivity index (χ2n) is 5.01. The van der Waals surface area contributed by atoms with Crippen LogP contribution in [-0.2, 0) is 9.59 Å². The summed E-state index contributed by atoms with van der Waals surface area (Å²) in [5.74, 6) is -0.173. The standard InChI is InChI=1S/C16H21N3O2S/c1-4-17-16-19(5-2)15(21)13(22-16)10-14(20)18-12-9-7-6-8-11(12)3/h6-9,13H,4-5,10H2,1-3H3,(H,18,20)/t13-/m0/s1. The Balaban J connectivity index is 2.02. The summed E-state index contributed by atoms with van der Waals surface area (Å²) < 4.78 is 0. The molecule has 0 bridgehead atoms. The maximum absolute atomic E-state index is 12.3. The molecule has 6 heteroatoms. The molecular weight excluding hydrogens is 298 g/mol. The van der Waals surface area contributed by atoms with E-state index in [9.17, 15) is 9.59 Å². The highest BCUT2D eigenvalue weighted by molar-refractivity contribution is 8.15. The van der Waals surface area contributed by atoms with Crippen LogP contribution in [0.25, 0.3) is 0 Å². The van der Waals surface area contributed by atoms with Gasteiger partial charge in [0.25, 0.3) is 0 Å². The van der Waals surface area contributed by atoms with Crippen LogP contribution in [0.15, 0.2) is 29.3 Å². The summed E-state index contributed by atoms with van der Waals surface area (Å²) in [5.41, 5.74) is 1.79. The number of hydrogen-bond donors (Lipinski definition) is 1. The van der Waals surface area contributed by atoms with Crippen LogP contribution in [0, 0.1) is 6.92 Å². The van der Waals surface area contributed by atoms with Crippen molar-refractivity contribution in [2.45, 2.75) is 32.4 Å². The Morgan fingerprint density at radius 2 is 2.09 bits per heavy atom. The van der Waals surface area contributed by atoms with Crippen molar-refractivity contribution in [3.63, 3.8) is 0 Å². The van der Waals surface area contributed by atoms with Gasteiger partial charge in [-0.15, -0.1) is 0 Å². The van der Waals surface area contributed by atoms with E-state index in [1.165, 1.54) is 11.8 Å². The van der Waals surface area contributed by atoms with Crippen molar-refractivity contribution >= 4 is 34.4 Å². The molecule has 0 unspecified atom stereocenters. The van der Waals surface area contributed by atoms with Gasteiger partial charge in [-0.1, -0.05) is 30.0 Å². The lowest BCUT2D eigenvalue weighted by atomic mass is 10.2. The second-order valence-corrected chi connectivity index (χ2v) is 6.18. The molecule has 1 aromatic rings. The molecular formula is C16H21N3O2S. The molecule has 5 nitrogen and oxygen atoms in total. The third kappa shape index (κ3) is 3.68.